The number of ether oxygens (including phenoxy) is 2. The number of hydrogen-bond acceptors (Lipinski definition) is 6. The highest BCUT2D eigenvalue weighted by atomic mass is 16.5. The summed E-state index contributed by atoms with van der Waals surface area (Å²) in [5, 5.41) is 2.63. The molecule has 1 heterocycles. The van der Waals surface area contributed by atoms with E-state index in [2.05, 4.69) is 5.32 Å². The molecule has 8 nitrogen and oxygen atoms in total. The molecule has 0 fully saturated rings. The molecule has 0 atom stereocenters. The zero-order chi connectivity index (χ0) is 19.1. The summed E-state index contributed by atoms with van der Waals surface area (Å²) in [6.45, 7) is 7.43. The molecule has 0 radical (unpaired) electrons. The molecule has 0 saturated carbocycles. The fraction of sp³-hybridized carbons (Fsp3) is 0.647. The lowest BCUT2D eigenvalue weighted by Gasteiger charge is -2.13. The number of hydrogen-bond donors (Lipinski definition) is 1. The normalized spacial score (nSPS) is 12.8. The van der Waals surface area contributed by atoms with Crippen molar-refractivity contribution in [2.75, 3.05) is 39.5 Å². The first kappa shape index (κ1) is 22.9. The van der Waals surface area contributed by atoms with Crippen LogP contribution < -0.4 is 5.32 Å². The third-order valence-corrected chi connectivity index (χ3v) is 3.00. The first-order valence-electron chi connectivity index (χ1n) is 8.46. The minimum Gasteiger partial charge on any atom is -0.379 e. The Balaban J connectivity index is 0.00000277. The van der Waals surface area contributed by atoms with Crippen LogP contribution in [-0.2, 0) is 28.7 Å². The molecule has 0 spiro atoms. The van der Waals surface area contributed by atoms with Crippen LogP contribution in [0.25, 0.3) is 0 Å². The van der Waals surface area contributed by atoms with Crippen LogP contribution in [0.3, 0.4) is 0 Å². The topological polar surface area (TPSA) is 102 Å². The van der Waals surface area contributed by atoms with E-state index in [9.17, 15) is 19.2 Å². The number of amides is 3. The van der Waals surface area contributed by atoms with Gasteiger partial charge in [0.25, 0.3) is 11.8 Å². The Bertz CT molecular complexity index is 458. The molecule has 0 aromatic rings. The van der Waals surface area contributed by atoms with Crippen LogP contribution >= 0.6 is 0 Å². The maximum atomic E-state index is 11.6. The van der Waals surface area contributed by atoms with Gasteiger partial charge in [-0.2, -0.15) is 0 Å². The van der Waals surface area contributed by atoms with Crippen molar-refractivity contribution in [2.45, 2.75) is 33.6 Å². The van der Waals surface area contributed by atoms with Crippen molar-refractivity contribution in [2.24, 2.45) is 0 Å². The molecule has 0 saturated heterocycles. The number of rotatable bonds is 12. The number of carbonyl (C=O) groups is 4. The van der Waals surface area contributed by atoms with E-state index in [1.807, 2.05) is 13.8 Å². The number of ketones is 1. The van der Waals surface area contributed by atoms with Crippen LogP contribution in [0.5, 0.6) is 0 Å². The van der Waals surface area contributed by atoms with E-state index in [0.717, 1.165) is 4.90 Å². The van der Waals surface area contributed by atoms with E-state index in [4.69, 9.17) is 9.47 Å². The molecule has 3 amide bonds. The van der Waals surface area contributed by atoms with E-state index in [1.54, 1.807) is 0 Å². The molecule has 1 rings (SSSR count). The highest BCUT2D eigenvalue weighted by Crippen LogP contribution is 2.03. The number of nitrogens with one attached hydrogen (secondary N) is 1. The third kappa shape index (κ3) is 11.2. The van der Waals surface area contributed by atoms with Gasteiger partial charge in [0.1, 0.15) is 5.78 Å². The van der Waals surface area contributed by atoms with Crippen LogP contribution in [0.15, 0.2) is 12.2 Å². The Kier molecular flexibility index (Phi) is 13.1. The van der Waals surface area contributed by atoms with E-state index in [-0.39, 0.29) is 24.7 Å². The van der Waals surface area contributed by atoms with Gasteiger partial charge in [0.15, 0.2) is 0 Å². The average Bonchev–Trinajstić information content (AvgIpc) is 2.91. The van der Waals surface area contributed by atoms with Crippen molar-refractivity contribution in [3.63, 3.8) is 0 Å². The van der Waals surface area contributed by atoms with E-state index < -0.39 is 11.8 Å². The Morgan fingerprint density at radius 2 is 1.52 bits per heavy atom. The van der Waals surface area contributed by atoms with Gasteiger partial charge < -0.3 is 14.8 Å². The Morgan fingerprint density at radius 3 is 2.08 bits per heavy atom. The zero-order valence-corrected chi connectivity index (χ0v) is 15.2. The van der Waals surface area contributed by atoms with Gasteiger partial charge in [0, 0.05) is 38.1 Å². The summed E-state index contributed by atoms with van der Waals surface area (Å²) in [5.74, 6) is -0.952. The van der Waals surface area contributed by atoms with Crippen LogP contribution in [0.1, 0.15) is 33.6 Å². The molecule has 1 aliphatic heterocycles. The fourth-order valence-corrected chi connectivity index (χ4v) is 1.75. The summed E-state index contributed by atoms with van der Waals surface area (Å²) in [7, 11) is 0. The van der Waals surface area contributed by atoms with Crippen LogP contribution in [-0.4, -0.2) is 67.9 Å². The third-order valence-electron chi connectivity index (χ3n) is 3.00. The molecule has 1 aliphatic rings. The van der Waals surface area contributed by atoms with Gasteiger partial charge in [-0.25, -0.2) is 0 Å². The van der Waals surface area contributed by atoms with E-state index >= 15 is 0 Å². The summed E-state index contributed by atoms with van der Waals surface area (Å²) < 4.78 is 10.4. The second-order valence-corrected chi connectivity index (χ2v) is 4.94. The summed E-state index contributed by atoms with van der Waals surface area (Å²) in [4.78, 5) is 45.8. The van der Waals surface area contributed by atoms with Gasteiger partial charge in [-0.05, 0) is 6.92 Å². The maximum Gasteiger partial charge on any atom is 0.253 e. The maximum absolute atomic E-state index is 11.6. The Hall–Kier alpha value is -2.06. The molecule has 0 aromatic heterocycles. The lowest BCUT2D eigenvalue weighted by atomic mass is 10.3. The molecule has 0 bridgehead atoms. The first-order valence-corrected chi connectivity index (χ1v) is 8.46. The van der Waals surface area contributed by atoms with Crippen molar-refractivity contribution in [1.29, 1.82) is 0 Å². The predicted octanol–water partition coefficient (Wildman–Crippen LogP) is 0.456. The van der Waals surface area contributed by atoms with Crippen molar-refractivity contribution in [1.82, 2.24) is 10.2 Å². The minimum absolute atomic E-state index is 0.0628. The molecule has 0 unspecified atom stereocenters. The van der Waals surface area contributed by atoms with E-state index in [0.29, 0.717) is 39.4 Å². The van der Waals surface area contributed by atoms with Gasteiger partial charge in [-0.1, -0.05) is 13.8 Å². The van der Waals surface area contributed by atoms with E-state index in [1.165, 1.54) is 19.1 Å². The predicted molar refractivity (Wildman–Crippen MR) is 91.8 cm³/mol. The van der Waals surface area contributed by atoms with Gasteiger partial charge in [0.05, 0.1) is 26.4 Å². The summed E-state index contributed by atoms with van der Waals surface area (Å²) in [6.07, 6.45) is 2.83. The highest BCUT2D eigenvalue weighted by Gasteiger charge is 2.23. The number of Topliss-reactive ketones (excluding diaryl/α,β-unsaturated/α-hetero) is 1. The molecular weight excluding hydrogens is 328 g/mol. The summed E-state index contributed by atoms with van der Waals surface area (Å²) in [5.41, 5.74) is 0. The minimum atomic E-state index is -0.393. The molecule has 142 valence electrons. The first-order chi connectivity index (χ1) is 12.0. The monoisotopic (exact) mass is 356 g/mol. The molecule has 8 heteroatoms. The molecule has 1 N–H and O–H groups in total. The van der Waals surface area contributed by atoms with Gasteiger partial charge >= 0.3 is 0 Å². The second kappa shape index (κ2) is 14.3. The van der Waals surface area contributed by atoms with Crippen molar-refractivity contribution in [3.8, 4) is 0 Å². The standard InChI is InChI=1S/C15H22N2O6.C2H6/c1-12(18)5-8-22-10-11-23-9-6-16-13(19)4-7-17-14(20)2-3-15(17)21;1-2/h2-3H,4-11H2,1H3,(H,16,19);1-2H3. The van der Waals surface area contributed by atoms with Crippen LogP contribution in [0.4, 0.5) is 0 Å². The van der Waals surface area contributed by atoms with Gasteiger partial charge in [0.2, 0.25) is 5.91 Å². The van der Waals surface area contributed by atoms with Crippen molar-refractivity contribution >= 4 is 23.5 Å². The molecule has 0 aromatic carbocycles. The lowest BCUT2D eigenvalue weighted by molar-refractivity contribution is -0.137. The zero-order valence-electron chi connectivity index (χ0n) is 15.2. The average molecular weight is 356 g/mol. The fourth-order valence-electron chi connectivity index (χ4n) is 1.75. The smallest absolute Gasteiger partial charge is 0.253 e. The largest absolute Gasteiger partial charge is 0.379 e. The number of imide groups is 1. The van der Waals surface area contributed by atoms with Gasteiger partial charge in [-0.3, -0.25) is 24.1 Å². The Morgan fingerprint density at radius 1 is 0.960 bits per heavy atom. The second-order valence-electron chi connectivity index (χ2n) is 4.94. The molecular formula is C17H28N2O6. The van der Waals surface area contributed by atoms with Crippen molar-refractivity contribution in [3.05, 3.63) is 12.2 Å². The highest BCUT2D eigenvalue weighted by molar-refractivity contribution is 6.13. The Labute approximate surface area is 148 Å². The molecule has 25 heavy (non-hydrogen) atoms. The SMILES string of the molecule is CC.CC(=O)CCOCCOCCNC(=O)CCN1C(=O)C=CC1=O. The number of carbonyl (C=O) groups excluding carboxylic acids is 4. The van der Waals surface area contributed by atoms with Crippen molar-refractivity contribution < 1.29 is 28.7 Å². The molecule has 0 aliphatic carbocycles. The lowest BCUT2D eigenvalue weighted by Crippen LogP contribution is -2.35. The quantitative estimate of drug-likeness (QED) is 0.402. The van der Waals surface area contributed by atoms with Crippen LogP contribution in [0.2, 0.25) is 0 Å². The number of nitrogens with zero attached hydrogens (tertiary/aromatic N) is 1. The summed E-state index contributed by atoms with van der Waals surface area (Å²) >= 11 is 0. The van der Waals surface area contributed by atoms with Crippen LogP contribution in [0, 0.1) is 0 Å². The summed E-state index contributed by atoms with van der Waals surface area (Å²) in [6, 6.07) is 0. The van der Waals surface area contributed by atoms with Gasteiger partial charge in [-0.15, -0.1) is 0 Å².